The third-order valence-corrected chi connectivity index (χ3v) is 6.02. The minimum atomic E-state index is -0.308. The number of para-hydroxylation sites is 1. The Morgan fingerprint density at radius 3 is 2.66 bits per heavy atom. The monoisotopic (exact) mass is 455 g/mol. The Morgan fingerprint density at radius 1 is 1.00 bits per heavy atom. The van der Waals surface area contributed by atoms with E-state index in [1.165, 1.54) is 0 Å². The summed E-state index contributed by atoms with van der Waals surface area (Å²) in [7, 11) is 0. The van der Waals surface area contributed by atoms with Crippen LogP contribution < -0.4 is 5.32 Å². The SMILES string of the molecule is O=C(Nc1ccc2ncccc2c1)C(=S)c1cn(Cc2ccc(Cl)cc2)c2ccccc12. The minimum Gasteiger partial charge on any atom is -0.342 e. The molecule has 5 rings (SSSR count). The van der Waals surface area contributed by atoms with Crippen molar-refractivity contribution in [2.75, 3.05) is 5.32 Å². The zero-order valence-electron chi connectivity index (χ0n) is 17.0. The van der Waals surface area contributed by atoms with Crippen molar-refractivity contribution in [1.82, 2.24) is 9.55 Å². The number of amides is 1. The third kappa shape index (κ3) is 4.00. The van der Waals surface area contributed by atoms with Gasteiger partial charge in [0.25, 0.3) is 5.91 Å². The number of carbonyl (C=O) groups is 1. The van der Waals surface area contributed by atoms with Gasteiger partial charge in [-0.15, -0.1) is 0 Å². The van der Waals surface area contributed by atoms with Crippen LogP contribution in [0.2, 0.25) is 5.02 Å². The fourth-order valence-corrected chi connectivity index (χ4v) is 4.15. The molecule has 0 saturated heterocycles. The van der Waals surface area contributed by atoms with Crippen LogP contribution in [0.5, 0.6) is 0 Å². The van der Waals surface area contributed by atoms with Gasteiger partial charge in [0.05, 0.1) is 5.52 Å². The number of hydrogen-bond donors (Lipinski definition) is 1. The summed E-state index contributed by atoms with van der Waals surface area (Å²) in [5.41, 5.74) is 4.43. The number of fused-ring (bicyclic) bond motifs is 2. The molecule has 5 aromatic rings. The molecule has 0 unspecified atom stereocenters. The fraction of sp³-hybridized carbons (Fsp3) is 0.0385. The predicted octanol–water partition coefficient (Wildman–Crippen LogP) is 6.25. The standard InChI is InChI=1S/C26H18ClN3OS/c27-19-9-7-17(8-10-19)15-30-16-22(21-5-1-2-6-24(21)30)25(32)26(31)29-20-11-12-23-18(14-20)4-3-13-28-23/h1-14,16H,15H2,(H,29,31). The summed E-state index contributed by atoms with van der Waals surface area (Å²) in [6.45, 7) is 0.652. The molecule has 156 valence electrons. The quantitative estimate of drug-likeness (QED) is 0.252. The molecular formula is C26H18ClN3OS. The van der Waals surface area contributed by atoms with Crippen molar-refractivity contribution < 1.29 is 4.79 Å². The first kappa shape index (κ1) is 20.4. The molecule has 6 heteroatoms. The molecule has 0 spiro atoms. The molecule has 0 fully saturated rings. The van der Waals surface area contributed by atoms with Gasteiger partial charge in [-0.1, -0.05) is 60.2 Å². The van der Waals surface area contributed by atoms with Crippen molar-refractivity contribution in [3.05, 3.63) is 107 Å². The molecule has 0 atom stereocenters. The Balaban J connectivity index is 1.44. The third-order valence-electron chi connectivity index (χ3n) is 5.37. The van der Waals surface area contributed by atoms with Gasteiger partial charge in [-0.2, -0.15) is 0 Å². The summed E-state index contributed by atoms with van der Waals surface area (Å²) in [6.07, 6.45) is 3.70. The molecule has 0 radical (unpaired) electrons. The summed E-state index contributed by atoms with van der Waals surface area (Å²) in [5, 5.41) is 5.54. The first-order valence-electron chi connectivity index (χ1n) is 10.1. The van der Waals surface area contributed by atoms with E-state index in [0.29, 0.717) is 17.3 Å². The number of nitrogens with zero attached hydrogens (tertiary/aromatic N) is 2. The number of pyridine rings is 1. The average molecular weight is 456 g/mol. The number of aromatic nitrogens is 2. The number of anilines is 1. The molecule has 1 amide bonds. The molecule has 3 aromatic carbocycles. The maximum atomic E-state index is 13.0. The predicted molar refractivity (Wildman–Crippen MR) is 135 cm³/mol. The zero-order valence-corrected chi connectivity index (χ0v) is 18.5. The average Bonchev–Trinajstić information content (AvgIpc) is 3.18. The maximum absolute atomic E-state index is 13.0. The molecule has 4 nitrogen and oxygen atoms in total. The molecule has 0 aliphatic rings. The number of thiocarbonyl (C=S) groups is 1. The van der Waals surface area contributed by atoms with Crippen LogP contribution in [-0.2, 0) is 11.3 Å². The van der Waals surface area contributed by atoms with Crippen molar-refractivity contribution in [1.29, 1.82) is 0 Å². The van der Waals surface area contributed by atoms with Crippen LogP contribution in [0.15, 0.2) is 91.3 Å². The molecule has 1 N–H and O–H groups in total. The van der Waals surface area contributed by atoms with Gasteiger partial charge in [0, 0.05) is 51.5 Å². The molecule has 32 heavy (non-hydrogen) atoms. The van der Waals surface area contributed by atoms with Crippen LogP contribution in [0, 0.1) is 0 Å². The summed E-state index contributed by atoms with van der Waals surface area (Å²) in [5.74, 6) is -0.308. The van der Waals surface area contributed by atoms with Gasteiger partial charge < -0.3 is 9.88 Å². The lowest BCUT2D eigenvalue weighted by atomic mass is 10.1. The molecule has 2 heterocycles. The highest BCUT2D eigenvalue weighted by atomic mass is 35.5. The Bertz CT molecular complexity index is 1470. The second kappa shape index (κ2) is 8.54. The summed E-state index contributed by atoms with van der Waals surface area (Å²) >= 11 is 11.6. The van der Waals surface area contributed by atoms with E-state index in [4.69, 9.17) is 23.8 Å². The van der Waals surface area contributed by atoms with Crippen molar-refractivity contribution in [3.8, 4) is 0 Å². The van der Waals surface area contributed by atoms with E-state index in [1.807, 2.05) is 85.1 Å². The Hall–Kier alpha value is -3.54. The summed E-state index contributed by atoms with van der Waals surface area (Å²) in [6, 6.07) is 25.1. The summed E-state index contributed by atoms with van der Waals surface area (Å²) < 4.78 is 2.11. The summed E-state index contributed by atoms with van der Waals surface area (Å²) in [4.78, 5) is 17.6. The van der Waals surface area contributed by atoms with E-state index in [9.17, 15) is 4.79 Å². The highest BCUT2D eigenvalue weighted by Crippen LogP contribution is 2.25. The molecule has 0 aliphatic heterocycles. The number of nitrogens with one attached hydrogen (secondary N) is 1. The molecular weight excluding hydrogens is 438 g/mol. The molecule has 0 bridgehead atoms. The van der Waals surface area contributed by atoms with E-state index in [1.54, 1.807) is 6.20 Å². The van der Waals surface area contributed by atoms with Crippen LogP contribution in [0.1, 0.15) is 11.1 Å². The van der Waals surface area contributed by atoms with Crippen molar-refractivity contribution >= 4 is 62.1 Å². The minimum absolute atomic E-state index is 0.252. The van der Waals surface area contributed by atoms with Gasteiger partial charge in [0.2, 0.25) is 0 Å². The van der Waals surface area contributed by atoms with Gasteiger partial charge in [0.1, 0.15) is 4.86 Å². The van der Waals surface area contributed by atoms with Gasteiger partial charge >= 0.3 is 0 Å². The van der Waals surface area contributed by atoms with E-state index in [0.717, 1.165) is 32.9 Å². The lowest BCUT2D eigenvalue weighted by Gasteiger charge is -2.07. The highest BCUT2D eigenvalue weighted by Gasteiger charge is 2.18. The van der Waals surface area contributed by atoms with E-state index >= 15 is 0 Å². The second-order valence-corrected chi connectivity index (χ2v) is 8.35. The Labute approximate surface area is 195 Å². The van der Waals surface area contributed by atoms with Crippen LogP contribution >= 0.6 is 23.8 Å². The van der Waals surface area contributed by atoms with E-state index in [2.05, 4.69) is 14.9 Å². The largest absolute Gasteiger partial charge is 0.342 e. The van der Waals surface area contributed by atoms with Crippen molar-refractivity contribution in [2.24, 2.45) is 0 Å². The normalized spacial score (nSPS) is 11.0. The van der Waals surface area contributed by atoms with Crippen molar-refractivity contribution in [2.45, 2.75) is 6.54 Å². The lowest BCUT2D eigenvalue weighted by molar-refractivity contribution is -0.110. The van der Waals surface area contributed by atoms with Crippen LogP contribution in [0.3, 0.4) is 0 Å². The van der Waals surface area contributed by atoms with E-state index in [-0.39, 0.29) is 10.8 Å². The lowest BCUT2D eigenvalue weighted by Crippen LogP contribution is -2.21. The van der Waals surface area contributed by atoms with Gasteiger partial charge in [-0.05, 0) is 48.0 Å². The topological polar surface area (TPSA) is 46.9 Å². The Kier molecular flexibility index (Phi) is 5.43. The molecule has 2 aromatic heterocycles. The first-order chi connectivity index (χ1) is 15.6. The van der Waals surface area contributed by atoms with Crippen LogP contribution in [0.25, 0.3) is 21.8 Å². The number of rotatable bonds is 5. The highest BCUT2D eigenvalue weighted by molar-refractivity contribution is 7.82. The number of carbonyl (C=O) groups excluding carboxylic acids is 1. The number of hydrogen-bond acceptors (Lipinski definition) is 3. The molecule has 0 aliphatic carbocycles. The van der Waals surface area contributed by atoms with Crippen molar-refractivity contribution in [3.63, 3.8) is 0 Å². The van der Waals surface area contributed by atoms with Gasteiger partial charge in [0.15, 0.2) is 0 Å². The molecule has 0 saturated carbocycles. The van der Waals surface area contributed by atoms with Crippen LogP contribution in [-0.4, -0.2) is 20.3 Å². The number of benzene rings is 3. The fourth-order valence-electron chi connectivity index (χ4n) is 3.81. The first-order valence-corrected chi connectivity index (χ1v) is 10.9. The Morgan fingerprint density at radius 2 is 1.81 bits per heavy atom. The maximum Gasteiger partial charge on any atom is 0.267 e. The number of halogens is 1. The van der Waals surface area contributed by atoms with Crippen LogP contribution in [0.4, 0.5) is 5.69 Å². The second-order valence-electron chi connectivity index (χ2n) is 7.51. The van der Waals surface area contributed by atoms with Gasteiger partial charge in [-0.3, -0.25) is 9.78 Å². The van der Waals surface area contributed by atoms with E-state index < -0.39 is 0 Å². The smallest absolute Gasteiger partial charge is 0.267 e. The van der Waals surface area contributed by atoms with Gasteiger partial charge in [-0.25, -0.2) is 0 Å². The zero-order chi connectivity index (χ0) is 22.1.